The van der Waals surface area contributed by atoms with Gasteiger partial charge in [0.1, 0.15) is 12.4 Å². The number of nitrogens with zero attached hydrogens (tertiary/aromatic N) is 1. The van der Waals surface area contributed by atoms with Crippen LogP contribution in [0, 0.1) is 5.92 Å². The maximum Gasteiger partial charge on any atom is 0.221 e. The summed E-state index contributed by atoms with van der Waals surface area (Å²) < 4.78 is 5.71. The number of likely N-dealkylation sites (tertiary alicyclic amines) is 1. The first-order chi connectivity index (χ1) is 9.69. The zero-order valence-corrected chi connectivity index (χ0v) is 11.8. The number of benzene rings is 1. The van der Waals surface area contributed by atoms with Crippen molar-refractivity contribution in [2.45, 2.75) is 12.8 Å². The topological polar surface area (TPSA) is 81.6 Å². The Kier molecular flexibility index (Phi) is 5.38. The van der Waals surface area contributed by atoms with Crippen LogP contribution in [0.2, 0.25) is 0 Å². The first kappa shape index (κ1) is 14.8. The summed E-state index contributed by atoms with van der Waals surface area (Å²) in [7, 11) is 0. The van der Waals surface area contributed by atoms with E-state index in [-0.39, 0.29) is 11.8 Å². The van der Waals surface area contributed by atoms with Crippen molar-refractivity contribution in [3.63, 3.8) is 0 Å². The SMILES string of the molecule is NCCc1ccc(OCCN2CCC(C(N)=O)C2)cc1. The van der Waals surface area contributed by atoms with Crippen LogP contribution in [-0.4, -0.2) is 43.6 Å². The van der Waals surface area contributed by atoms with Crippen molar-refractivity contribution in [3.05, 3.63) is 29.8 Å². The van der Waals surface area contributed by atoms with Crippen molar-refractivity contribution in [1.82, 2.24) is 4.90 Å². The van der Waals surface area contributed by atoms with E-state index in [4.69, 9.17) is 16.2 Å². The number of ether oxygens (including phenoxy) is 1. The molecule has 1 amide bonds. The maximum atomic E-state index is 11.1. The third-order valence-corrected chi connectivity index (χ3v) is 3.71. The van der Waals surface area contributed by atoms with Crippen molar-refractivity contribution in [1.29, 1.82) is 0 Å². The molecule has 1 aromatic carbocycles. The molecule has 0 aliphatic carbocycles. The van der Waals surface area contributed by atoms with E-state index < -0.39 is 0 Å². The van der Waals surface area contributed by atoms with Crippen LogP contribution in [0.15, 0.2) is 24.3 Å². The van der Waals surface area contributed by atoms with Crippen molar-refractivity contribution in [2.24, 2.45) is 17.4 Å². The van der Waals surface area contributed by atoms with Crippen LogP contribution in [-0.2, 0) is 11.2 Å². The van der Waals surface area contributed by atoms with Crippen molar-refractivity contribution in [2.75, 3.05) is 32.8 Å². The van der Waals surface area contributed by atoms with Gasteiger partial charge < -0.3 is 16.2 Å². The molecule has 110 valence electrons. The summed E-state index contributed by atoms with van der Waals surface area (Å²) in [4.78, 5) is 13.3. The molecule has 1 fully saturated rings. The normalized spacial score (nSPS) is 19.1. The highest BCUT2D eigenvalue weighted by molar-refractivity contribution is 5.77. The third kappa shape index (κ3) is 4.21. The predicted octanol–water partition coefficient (Wildman–Crippen LogP) is 0.374. The fourth-order valence-corrected chi connectivity index (χ4v) is 2.48. The van der Waals surface area contributed by atoms with Gasteiger partial charge >= 0.3 is 0 Å². The first-order valence-electron chi connectivity index (χ1n) is 7.12. The molecule has 0 bridgehead atoms. The number of hydrogen-bond acceptors (Lipinski definition) is 4. The van der Waals surface area contributed by atoms with Gasteiger partial charge in [-0.05, 0) is 43.6 Å². The maximum absolute atomic E-state index is 11.1. The largest absolute Gasteiger partial charge is 0.492 e. The van der Waals surface area contributed by atoms with E-state index in [1.54, 1.807) is 0 Å². The lowest BCUT2D eigenvalue weighted by Gasteiger charge is -2.15. The van der Waals surface area contributed by atoms with Gasteiger partial charge in [0.15, 0.2) is 0 Å². The minimum atomic E-state index is -0.191. The third-order valence-electron chi connectivity index (χ3n) is 3.71. The van der Waals surface area contributed by atoms with E-state index in [0.717, 1.165) is 38.2 Å². The monoisotopic (exact) mass is 277 g/mol. The molecule has 0 radical (unpaired) electrons. The number of primary amides is 1. The highest BCUT2D eigenvalue weighted by Crippen LogP contribution is 2.16. The number of amides is 1. The van der Waals surface area contributed by atoms with Crippen molar-refractivity contribution >= 4 is 5.91 Å². The van der Waals surface area contributed by atoms with Crippen LogP contribution >= 0.6 is 0 Å². The van der Waals surface area contributed by atoms with E-state index >= 15 is 0 Å². The fourth-order valence-electron chi connectivity index (χ4n) is 2.48. The van der Waals surface area contributed by atoms with Crippen LogP contribution < -0.4 is 16.2 Å². The number of rotatable bonds is 7. The van der Waals surface area contributed by atoms with Crippen molar-refractivity contribution in [3.8, 4) is 5.75 Å². The standard InChI is InChI=1S/C15H23N3O2/c16-7-5-12-1-3-14(4-2-12)20-10-9-18-8-6-13(11-18)15(17)19/h1-4,13H,5-11,16H2,(H2,17,19). The highest BCUT2D eigenvalue weighted by atomic mass is 16.5. The summed E-state index contributed by atoms with van der Waals surface area (Å²) in [5.74, 6) is 0.686. The average Bonchev–Trinajstić information content (AvgIpc) is 2.90. The molecule has 0 saturated carbocycles. The molecule has 4 N–H and O–H groups in total. The molecule has 2 rings (SSSR count). The fraction of sp³-hybridized carbons (Fsp3) is 0.533. The van der Waals surface area contributed by atoms with Gasteiger partial charge in [-0.2, -0.15) is 0 Å². The van der Waals surface area contributed by atoms with Gasteiger partial charge in [0.05, 0.1) is 5.92 Å². The molecular formula is C15H23N3O2. The molecule has 1 atom stereocenters. The highest BCUT2D eigenvalue weighted by Gasteiger charge is 2.25. The van der Waals surface area contributed by atoms with Gasteiger partial charge in [-0.15, -0.1) is 0 Å². The number of nitrogens with two attached hydrogens (primary N) is 2. The lowest BCUT2D eigenvalue weighted by Crippen LogP contribution is -2.30. The Morgan fingerprint density at radius 2 is 2.10 bits per heavy atom. The Morgan fingerprint density at radius 1 is 1.35 bits per heavy atom. The molecule has 1 aliphatic rings. The zero-order chi connectivity index (χ0) is 14.4. The lowest BCUT2D eigenvalue weighted by atomic mass is 10.1. The van der Waals surface area contributed by atoms with Gasteiger partial charge in [0.25, 0.3) is 0 Å². The summed E-state index contributed by atoms with van der Waals surface area (Å²) in [6.07, 6.45) is 1.76. The smallest absolute Gasteiger partial charge is 0.221 e. The van der Waals surface area contributed by atoms with Crippen LogP contribution in [0.1, 0.15) is 12.0 Å². The van der Waals surface area contributed by atoms with E-state index in [1.807, 2.05) is 24.3 Å². The van der Waals surface area contributed by atoms with E-state index in [9.17, 15) is 4.79 Å². The van der Waals surface area contributed by atoms with E-state index in [0.29, 0.717) is 13.2 Å². The van der Waals surface area contributed by atoms with Gasteiger partial charge in [-0.1, -0.05) is 12.1 Å². The van der Waals surface area contributed by atoms with Crippen LogP contribution in [0.4, 0.5) is 0 Å². The molecule has 0 aromatic heterocycles. The van der Waals surface area contributed by atoms with Crippen LogP contribution in [0.3, 0.4) is 0 Å². The molecule has 1 aromatic rings. The molecule has 5 nitrogen and oxygen atoms in total. The van der Waals surface area contributed by atoms with E-state index in [2.05, 4.69) is 4.90 Å². The van der Waals surface area contributed by atoms with E-state index in [1.165, 1.54) is 5.56 Å². The van der Waals surface area contributed by atoms with Gasteiger partial charge in [0, 0.05) is 13.1 Å². The van der Waals surface area contributed by atoms with Gasteiger partial charge in [0.2, 0.25) is 5.91 Å². The number of hydrogen-bond donors (Lipinski definition) is 2. The Morgan fingerprint density at radius 3 is 2.70 bits per heavy atom. The lowest BCUT2D eigenvalue weighted by molar-refractivity contribution is -0.121. The molecule has 0 spiro atoms. The summed E-state index contributed by atoms with van der Waals surface area (Å²) in [5.41, 5.74) is 12.0. The van der Waals surface area contributed by atoms with Crippen LogP contribution in [0.5, 0.6) is 5.75 Å². The Labute approximate surface area is 119 Å². The molecule has 5 heteroatoms. The molecule has 1 aliphatic heterocycles. The quantitative estimate of drug-likeness (QED) is 0.754. The Hall–Kier alpha value is -1.59. The Balaban J connectivity index is 1.69. The minimum absolute atomic E-state index is 0.00514. The van der Waals surface area contributed by atoms with Gasteiger partial charge in [-0.25, -0.2) is 0 Å². The average molecular weight is 277 g/mol. The summed E-state index contributed by atoms with van der Waals surface area (Å²) in [5, 5.41) is 0. The molecular weight excluding hydrogens is 254 g/mol. The predicted molar refractivity (Wildman–Crippen MR) is 78.4 cm³/mol. The molecule has 1 heterocycles. The zero-order valence-electron chi connectivity index (χ0n) is 11.8. The number of carbonyl (C=O) groups excluding carboxylic acids is 1. The minimum Gasteiger partial charge on any atom is -0.492 e. The first-order valence-corrected chi connectivity index (χ1v) is 7.12. The molecule has 1 saturated heterocycles. The second-order valence-corrected chi connectivity index (χ2v) is 5.22. The van der Waals surface area contributed by atoms with Crippen molar-refractivity contribution < 1.29 is 9.53 Å². The molecule has 1 unspecified atom stereocenters. The Bertz CT molecular complexity index is 433. The summed E-state index contributed by atoms with van der Waals surface area (Å²) in [6, 6.07) is 8.03. The van der Waals surface area contributed by atoms with Gasteiger partial charge in [-0.3, -0.25) is 9.69 Å². The molecule has 20 heavy (non-hydrogen) atoms. The summed E-state index contributed by atoms with van der Waals surface area (Å²) in [6.45, 7) is 3.80. The second kappa shape index (κ2) is 7.26. The summed E-state index contributed by atoms with van der Waals surface area (Å²) >= 11 is 0. The van der Waals surface area contributed by atoms with Crippen LogP contribution in [0.25, 0.3) is 0 Å². The second-order valence-electron chi connectivity index (χ2n) is 5.22. The number of carbonyl (C=O) groups is 1.